The number of hydrogen-bond acceptors (Lipinski definition) is 2. The predicted molar refractivity (Wildman–Crippen MR) is 62.5 cm³/mol. The predicted octanol–water partition coefficient (Wildman–Crippen LogP) is 2.85. The van der Waals surface area contributed by atoms with E-state index < -0.39 is 0 Å². The van der Waals surface area contributed by atoms with Crippen molar-refractivity contribution in [2.75, 3.05) is 14.2 Å². The van der Waals surface area contributed by atoms with Gasteiger partial charge >= 0.3 is 0 Å². The average molecular weight is 240 g/mol. The molecular weight excluding hydrogens is 226 g/mol. The Balaban J connectivity index is 2.23. The van der Waals surface area contributed by atoms with Crippen molar-refractivity contribution in [1.82, 2.24) is 5.06 Å². The van der Waals surface area contributed by atoms with Gasteiger partial charge in [-0.3, -0.25) is 9.63 Å². The molecule has 0 heterocycles. The fraction of sp³-hybridized carbons (Fsp3) is 0.417. The van der Waals surface area contributed by atoms with Crippen molar-refractivity contribution in [3.63, 3.8) is 0 Å². The average Bonchev–Trinajstić information content (AvgIpc) is 3.10. The molecule has 0 unspecified atom stereocenters. The zero-order valence-electron chi connectivity index (χ0n) is 9.37. The van der Waals surface area contributed by atoms with Crippen LogP contribution in [0.15, 0.2) is 18.2 Å². The number of rotatable bonds is 3. The van der Waals surface area contributed by atoms with Crippen LogP contribution in [0.5, 0.6) is 0 Å². The monoisotopic (exact) mass is 239 g/mol. The second kappa shape index (κ2) is 4.44. The Bertz CT molecular complexity index is 415. The van der Waals surface area contributed by atoms with Crippen LogP contribution in [0.25, 0.3) is 0 Å². The molecule has 0 N–H and O–H groups in total. The number of amides is 1. The third-order valence-electron chi connectivity index (χ3n) is 2.82. The maximum absolute atomic E-state index is 11.8. The lowest BCUT2D eigenvalue weighted by molar-refractivity contribution is -0.0756. The van der Waals surface area contributed by atoms with Gasteiger partial charge in [0.05, 0.1) is 7.11 Å². The van der Waals surface area contributed by atoms with E-state index in [1.807, 2.05) is 6.07 Å². The first kappa shape index (κ1) is 11.4. The van der Waals surface area contributed by atoms with Crippen LogP contribution in [-0.2, 0) is 4.84 Å². The van der Waals surface area contributed by atoms with Crippen LogP contribution < -0.4 is 0 Å². The third kappa shape index (κ3) is 2.20. The summed E-state index contributed by atoms with van der Waals surface area (Å²) in [4.78, 5) is 16.6. The Labute approximate surface area is 99.9 Å². The summed E-state index contributed by atoms with van der Waals surface area (Å²) >= 11 is 6.14. The SMILES string of the molecule is CON(C)C(=O)c1ccc(C2CC2)c(Cl)c1. The summed E-state index contributed by atoms with van der Waals surface area (Å²) in [7, 11) is 3.03. The van der Waals surface area contributed by atoms with Crippen LogP contribution >= 0.6 is 11.6 Å². The van der Waals surface area contributed by atoms with E-state index in [4.69, 9.17) is 16.4 Å². The Hall–Kier alpha value is -1.06. The molecule has 3 nitrogen and oxygen atoms in total. The van der Waals surface area contributed by atoms with Gasteiger partial charge < -0.3 is 0 Å². The zero-order valence-corrected chi connectivity index (χ0v) is 10.1. The number of halogens is 1. The van der Waals surface area contributed by atoms with Crippen LogP contribution in [0.1, 0.15) is 34.7 Å². The summed E-state index contributed by atoms with van der Waals surface area (Å²) in [5, 5.41) is 1.86. The molecule has 1 aromatic rings. The van der Waals surface area contributed by atoms with Crippen LogP contribution in [0.2, 0.25) is 5.02 Å². The van der Waals surface area contributed by atoms with Gasteiger partial charge in [0.25, 0.3) is 5.91 Å². The van der Waals surface area contributed by atoms with Crippen molar-refractivity contribution in [2.45, 2.75) is 18.8 Å². The van der Waals surface area contributed by atoms with E-state index in [-0.39, 0.29) is 5.91 Å². The van der Waals surface area contributed by atoms with Crippen LogP contribution in [0, 0.1) is 0 Å². The van der Waals surface area contributed by atoms with Gasteiger partial charge in [-0.25, -0.2) is 5.06 Å². The largest absolute Gasteiger partial charge is 0.277 e. The molecular formula is C12H14ClNO2. The summed E-state index contributed by atoms with van der Waals surface area (Å²) in [6.07, 6.45) is 2.40. The lowest BCUT2D eigenvalue weighted by Crippen LogP contribution is -2.25. The standard InChI is InChI=1S/C12H14ClNO2/c1-14(16-2)12(15)9-5-6-10(8-3-4-8)11(13)7-9/h5-8H,3-4H2,1-2H3. The highest BCUT2D eigenvalue weighted by molar-refractivity contribution is 6.31. The highest BCUT2D eigenvalue weighted by Crippen LogP contribution is 2.43. The van der Waals surface area contributed by atoms with E-state index in [1.54, 1.807) is 19.2 Å². The van der Waals surface area contributed by atoms with Gasteiger partial charge in [-0.05, 0) is 36.5 Å². The highest BCUT2D eigenvalue weighted by atomic mass is 35.5. The Morgan fingerprint density at radius 3 is 2.69 bits per heavy atom. The number of carbonyl (C=O) groups excluding carboxylic acids is 1. The lowest BCUT2D eigenvalue weighted by atomic mass is 10.1. The lowest BCUT2D eigenvalue weighted by Gasteiger charge is -2.14. The van der Waals surface area contributed by atoms with Crippen LogP contribution in [-0.4, -0.2) is 25.1 Å². The van der Waals surface area contributed by atoms with Gasteiger partial charge in [0.15, 0.2) is 0 Å². The van der Waals surface area contributed by atoms with Gasteiger partial charge in [0.1, 0.15) is 0 Å². The van der Waals surface area contributed by atoms with Crippen molar-refractivity contribution in [3.8, 4) is 0 Å². The molecule has 0 spiro atoms. The minimum Gasteiger partial charge on any atom is -0.274 e. The second-order valence-electron chi connectivity index (χ2n) is 4.00. The summed E-state index contributed by atoms with van der Waals surface area (Å²) in [5.41, 5.74) is 1.71. The maximum Gasteiger partial charge on any atom is 0.277 e. The van der Waals surface area contributed by atoms with Crippen molar-refractivity contribution in [3.05, 3.63) is 34.3 Å². The number of nitrogens with zero attached hydrogens (tertiary/aromatic N) is 1. The molecule has 0 aliphatic heterocycles. The maximum atomic E-state index is 11.8. The summed E-state index contributed by atoms with van der Waals surface area (Å²) in [6, 6.07) is 5.46. The van der Waals surface area contributed by atoms with Crippen molar-refractivity contribution < 1.29 is 9.63 Å². The first-order valence-electron chi connectivity index (χ1n) is 5.25. The second-order valence-corrected chi connectivity index (χ2v) is 4.40. The molecule has 1 aliphatic carbocycles. The molecule has 4 heteroatoms. The first-order chi connectivity index (χ1) is 7.63. The molecule has 0 aromatic heterocycles. The topological polar surface area (TPSA) is 29.5 Å². The molecule has 1 amide bonds. The van der Waals surface area contributed by atoms with E-state index in [0.717, 1.165) is 5.56 Å². The van der Waals surface area contributed by atoms with E-state index >= 15 is 0 Å². The Morgan fingerprint density at radius 2 is 2.19 bits per heavy atom. The summed E-state index contributed by atoms with van der Waals surface area (Å²) in [6.45, 7) is 0. The molecule has 1 aliphatic rings. The number of benzene rings is 1. The molecule has 0 radical (unpaired) electrons. The molecule has 0 atom stereocenters. The Kier molecular flexibility index (Phi) is 3.17. The molecule has 1 fully saturated rings. The van der Waals surface area contributed by atoms with Crippen LogP contribution in [0.4, 0.5) is 0 Å². The van der Waals surface area contributed by atoms with Gasteiger partial charge in [0.2, 0.25) is 0 Å². The normalized spacial score (nSPS) is 14.9. The minimum absolute atomic E-state index is 0.188. The molecule has 0 bridgehead atoms. The van der Waals surface area contributed by atoms with Gasteiger partial charge in [-0.1, -0.05) is 17.7 Å². The molecule has 0 saturated heterocycles. The van der Waals surface area contributed by atoms with Crippen molar-refractivity contribution in [1.29, 1.82) is 0 Å². The fourth-order valence-corrected chi connectivity index (χ4v) is 1.99. The number of hydrogen-bond donors (Lipinski definition) is 0. The minimum atomic E-state index is -0.188. The third-order valence-corrected chi connectivity index (χ3v) is 3.15. The molecule has 86 valence electrons. The van der Waals surface area contributed by atoms with E-state index in [0.29, 0.717) is 16.5 Å². The smallest absolute Gasteiger partial charge is 0.274 e. The molecule has 16 heavy (non-hydrogen) atoms. The van der Waals surface area contributed by atoms with Gasteiger partial charge in [-0.2, -0.15) is 0 Å². The van der Waals surface area contributed by atoms with Crippen molar-refractivity contribution >= 4 is 17.5 Å². The number of carbonyl (C=O) groups is 1. The highest BCUT2D eigenvalue weighted by Gasteiger charge is 2.26. The van der Waals surface area contributed by atoms with Gasteiger partial charge in [0, 0.05) is 17.6 Å². The molecule has 1 saturated carbocycles. The quantitative estimate of drug-likeness (QED) is 0.759. The zero-order chi connectivity index (χ0) is 11.7. The van der Waals surface area contributed by atoms with Crippen LogP contribution in [0.3, 0.4) is 0 Å². The summed E-state index contributed by atoms with van der Waals surface area (Å²) in [5.74, 6) is 0.406. The first-order valence-corrected chi connectivity index (χ1v) is 5.63. The molecule has 1 aromatic carbocycles. The van der Waals surface area contributed by atoms with Crippen molar-refractivity contribution in [2.24, 2.45) is 0 Å². The molecule has 2 rings (SSSR count). The number of hydroxylamine groups is 2. The van der Waals surface area contributed by atoms with E-state index in [2.05, 4.69) is 0 Å². The Morgan fingerprint density at radius 1 is 1.50 bits per heavy atom. The van der Waals surface area contributed by atoms with E-state index in [9.17, 15) is 4.79 Å². The summed E-state index contributed by atoms with van der Waals surface area (Å²) < 4.78 is 0. The fourth-order valence-electron chi connectivity index (χ4n) is 1.65. The van der Waals surface area contributed by atoms with E-state index in [1.165, 1.54) is 25.0 Å². The van der Waals surface area contributed by atoms with Gasteiger partial charge in [-0.15, -0.1) is 0 Å².